The molecule has 0 fully saturated rings. The summed E-state index contributed by atoms with van der Waals surface area (Å²) in [6.45, 7) is 6.16. The van der Waals surface area contributed by atoms with Crippen LogP contribution < -0.4 is 0 Å². The molecule has 2 aromatic heterocycles. The molecule has 0 aliphatic carbocycles. The third kappa shape index (κ3) is 1.01. The lowest BCUT2D eigenvalue weighted by Crippen LogP contribution is -1.85. The predicted molar refractivity (Wildman–Crippen MR) is 51.6 cm³/mol. The first-order chi connectivity index (χ1) is 5.68. The monoisotopic (exact) mass is 178 g/mol. The smallest absolute Gasteiger partial charge is 0.125 e. The fourth-order valence-electron chi connectivity index (χ4n) is 1.21. The van der Waals surface area contributed by atoms with E-state index in [0.717, 1.165) is 11.3 Å². The first kappa shape index (κ1) is 7.68. The Morgan fingerprint density at radius 3 is 2.75 bits per heavy atom. The van der Waals surface area contributed by atoms with Crippen LogP contribution in [-0.2, 0) is 0 Å². The SMILES string of the molecule is Cc1ncc2sc(C)c(C)c2n1. The Morgan fingerprint density at radius 2 is 2.00 bits per heavy atom. The van der Waals surface area contributed by atoms with Crippen LogP contribution in [-0.4, -0.2) is 9.97 Å². The van der Waals surface area contributed by atoms with Gasteiger partial charge in [-0.2, -0.15) is 0 Å². The normalized spacial score (nSPS) is 10.9. The molecular weight excluding hydrogens is 168 g/mol. The molecule has 0 saturated heterocycles. The molecule has 0 aliphatic rings. The van der Waals surface area contributed by atoms with Crippen molar-refractivity contribution in [2.45, 2.75) is 20.8 Å². The van der Waals surface area contributed by atoms with Crippen LogP contribution in [0.1, 0.15) is 16.3 Å². The topological polar surface area (TPSA) is 25.8 Å². The minimum atomic E-state index is 0.850. The van der Waals surface area contributed by atoms with Crippen molar-refractivity contribution >= 4 is 21.6 Å². The van der Waals surface area contributed by atoms with E-state index in [2.05, 4.69) is 23.8 Å². The molecule has 2 aromatic rings. The molecule has 0 atom stereocenters. The Balaban J connectivity index is 2.88. The fourth-order valence-corrected chi connectivity index (χ4v) is 2.19. The quantitative estimate of drug-likeness (QED) is 0.619. The molecule has 0 aliphatic heterocycles. The Labute approximate surface area is 75.3 Å². The molecule has 2 heterocycles. The van der Waals surface area contributed by atoms with E-state index in [0.29, 0.717) is 0 Å². The molecule has 0 N–H and O–H groups in total. The number of nitrogens with zero attached hydrogens (tertiary/aromatic N) is 2. The van der Waals surface area contributed by atoms with Gasteiger partial charge in [0.1, 0.15) is 5.82 Å². The van der Waals surface area contributed by atoms with Crippen molar-refractivity contribution in [1.29, 1.82) is 0 Å². The highest BCUT2D eigenvalue weighted by molar-refractivity contribution is 7.19. The summed E-state index contributed by atoms with van der Waals surface area (Å²) in [5.74, 6) is 0.850. The van der Waals surface area contributed by atoms with Crippen LogP contribution in [0.2, 0.25) is 0 Å². The summed E-state index contributed by atoms with van der Waals surface area (Å²) in [5, 5.41) is 0. The molecule has 62 valence electrons. The maximum Gasteiger partial charge on any atom is 0.125 e. The summed E-state index contributed by atoms with van der Waals surface area (Å²) in [5.41, 5.74) is 2.41. The largest absolute Gasteiger partial charge is 0.240 e. The highest BCUT2D eigenvalue weighted by Gasteiger charge is 2.05. The molecule has 0 bridgehead atoms. The van der Waals surface area contributed by atoms with E-state index in [4.69, 9.17) is 0 Å². The predicted octanol–water partition coefficient (Wildman–Crippen LogP) is 2.62. The van der Waals surface area contributed by atoms with Crippen molar-refractivity contribution in [2.24, 2.45) is 0 Å². The molecule has 0 radical (unpaired) electrons. The maximum absolute atomic E-state index is 4.40. The van der Waals surface area contributed by atoms with E-state index in [1.54, 1.807) is 11.3 Å². The molecular formula is C9H10N2S. The van der Waals surface area contributed by atoms with Crippen molar-refractivity contribution in [1.82, 2.24) is 9.97 Å². The first-order valence-corrected chi connectivity index (χ1v) is 4.69. The summed E-state index contributed by atoms with van der Waals surface area (Å²) in [7, 11) is 0. The van der Waals surface area contributed by atoms with Crippen molar-refractivity contribution in [2.75, 3.05) is 0 Å². The molecule has 2 rings (SSSR count). The summed E-state index contributed by atoms with van der Waals surface area (Å²) >= 11 is 1.76. The molecule has 0 unspecified atom stereocenters. The van der Waals surface area contributed by atoms with Gasteiger partial charge in [-0.05, 0) is 26.3 Å². The number of aromatic nitrogens is 2. The minimum absolute atomic E-state index is 0.850. The van der Waals surface area contributed by atoms with E-state index < -0.39 is 0 Å². The average molecular weight is 178 g/mol. The zero-order chi connectivity index (χ0) is 8.72. The summed E-state index contributed by atoms with van der Waals surface area (Å²) in [6.07, 6.45) is 1.91. The highest BCUT2D eigenvalue weighted by Crippen LogP contribution is 2.27. The van der Waals surface area contributed by atoms with Gasteiger partial charge in [0, 0.05) is 11.1 Å². The van der Waals surface area contributed by atoms with Gasteiger partial charge in [0.05, 0.1) is 10.2 Å². The summed E-state index contributed by atoms with van der Waals surface area (Å²) in [6, 6.07) is 0. The van der Waals surface area contributed by atoms with Crippen LogP contribution in [0.25, 0.3) is 10.2 Å². The van der Waals surface area contributed by atoms with Gasteiger partial charge in [-0.25, -0.2) is 9.97 Å². The standard InChI is InChI=1S/C9H10N2S/c1-5-6(2)12-8-4-10-7(3)11-9(5)8/h4H,1-3H3. The molecule has 0 saturated carbocycles. The van der Waals surface area contributed by atoms with Crippen LogP contribution in [0.15, 0.2) is 6.20 Å². The van der Waals surface area contributed by atoms with E-state index >= 15 is 0 Å². The summed E-state index contributed by atoms with van der Waals surface area (Å²) < 4.78 is 1.19. The lowest BCUT2D eigenvalue weighted by atomic mass is 10.2. The Bertz CT molecular complexity index is 431. The van der Waals surface area contributed by atoms with Crippen molar-refractivity contribution in [3.63, 3.8) is 0 Å². The second-order valence-corrected chi connectivity index (χ2v) is 4.17. The van der Waals surface area contributed by atoms with Gasteiger partial charge in [0.2, 0.25) is 0 Å². The lowest BCUT2D eigenvalue weighted by Gasteiger charge is -1.92. The second kappa shape index (κ2) is 2.52. The van der Waals surface area contributed by atoms with Crippen LogP contribution in [0.5, 0.6) is 0 Å². The number of thiophene rings is 1. The zero-order valence-corrected chi connectivity index (χ0v) is 8.20. The van der Waals surface area contributed by atoms with E-state index in [1.807, 2.05) is 13.1 Å². The Hall–Kier alpha value is -0.960. The third-order valence-corrected chi connectivity index (χ3v) is 3.15. The van der Waals surface area contributed by atoms with Crippen LogP contribution in [0.4, 0.5) is 0 Å². The molecule has 2 nitrogen and oxygen atoms in total. The molecule has 0 spiro atoms. The Morgan fingerprint density at radius 1 is 1.25 bits per heavy atom. The van der Waals surface area contributed by atoms with Crippen LogP contribution >= 0.6 is 11.3 Å². The van der Waals surface area contributed by atoms with Gasteiger partial charge in [0.15, 0.2) is 0 Å². The van der Waals surface area contributed by atoms with Gasteiger partial charge in [-0.3, -0.25) is 0 Å². The van der Waals surface area contributed by atoms with Crippen molar-refractivity contribution < 1.29 is 0 Å². The zero-order valence-electron chi connectivity index (χ0n) is 7.38. The van der Waals surface area contributed by atoms with Gasteiger partial charge in [-0.15, -0.1) is 11.3 Å². The number of hydrogen-bond donors (Lipinski definition) is 0. The number of aryl methyl sites for hydroxylation is 3. The third-order valence-electron chi connectivity index (χ3n) is 2.02. The van der Waals surface area contributed by atoms with Gasteiger partial charge in [-0.1, -0.05) is 0 Å². The maximum atomic E-state index is 4.40. The molecule has 0 amide bonds. The molecule has 0 aromatic carbocycles. The van der Waals surface area contributed by atoms with Crippen LogP contribution in [0, 0.1) is 20.8 Å². The first-order valence-electron chi connectivity index (χ1n) is 3.88. The average Bonchev–Trinajstić information content (AvgIpc) is 2.31. The highest BCUT2D eigenvalue weighted by atomic mass is 32.1. The summed E-state index contributed by atoms with van der Waals surface area (Å²) in [4.78, 5) is 9.89. The molecule has 3 heteroatoms. The van der Waals surface area contributed by atoms with Crippen molar-refractivity contribution in [3.8, 4) is 0 Å². The minimum Gasteiger partial charge on any atom is -0.240 e. The molecule has 12 heavy (non-hydrogen) atoms. The fraction of sp³-hybridized carbons (Fsp3) is 0.333. The van der Waals surface area contributed by atoms with Gasteiger partial charge < -0.3 is 0 Å². The number of fused-ring (bicyclic) bond motifs is 1. The second-order valence-electron chi connectivity index (χ2n) is 2.91. The van der Waals surface area contributed by atoms with Crippen LogP contribution in [0.3, 0.4) is 0 Å². The number of rotatable bonds is 0. The van der Waals surface area contributed by atoms with Gasteiger partial charge >= 0.3 is 0 Å². The lowest BCUT2D eigenvalue weighted by molar-refractivity contribution is 1.09. The van der Waals surface area contributed by atoms with Gasteiger partial charge in [0.25, 0.3) is 0 Å². The Kier molecular flexibility index (Phi) is 1.61. The number of hydrogen-bond acceptors (Lipinski definition) is 3. The van der Waals surface area contributed by atoms with E-state index in [1.165, 1.54) is 15.1 Å². The van der Waals surface area contributed by atoms with Crippen molar-refractivity contribution in [3.05, 3.63) is 22.5 Å². The van der Waals surface area contributed by atoms with E-state index in [-0.39, 0.29) is 0 Å². The van der Waals surface area contributed by atoms with E-state index in [9.17, 15) is 0 Å².